The van der Waals surface area contributed by atoms with E-state index in [0.29, 0.717) is 0 Å². The van der Waals surface area contributed by atoms with Gasteiger partial charge in [0, 0.05) is 6.04 Å². The van der Waals surface area contributed by atoms with Crippen molar-refractivity contribution in [3.63, 3.8) is 0 Å². The number of hydrazine groups is 1. The molecule has 0 saturated heterocycles. The van der Waals surface area contributed by atoms with Crippen LogP contribution >= 0.6 is 12.2 Å². The van der Waals surface area contributed by atoms with E-state index < -0.39 is 24.2 Å². The Balaban J connectivity index is 1.63. The van der Waals surface area contributed by atoms with E-state index in [0.717, 1.165) is 16.4 Å². The maximum Gasteiger partial charge on any atom is 0.410 e. The van der Waals surface area contributed by atoms with Gasteiger partial charge < -0.3 is 10.6 Å². The monoisotopic (exact) mass is 426 g/mol. The van der Waals surface area contributed by atoms with Gasteiger partial charge in [0.25, 0.3) is 5.91 Å². The van der Waals surface area contributed by atoms with E-state index in [9.17, 15) is 18.0 Å². The maximum absolute atomic E-state index is 13.3. The molecule has 1 aromatic carbocycles. The zero-order chi connectivity index (χ0) is 21.2. The highest BCUT2D eigenvalue weighted by molar-refractivity contribution is 7.80. The molecule has 0 aliphatic carbocycles. The van der Waals surface area contributed by atoms with Gasteiger partial charge >= 0.3 is 6.18 Å². The van der Waals surface area contributed by atoms with Crippen LogP contribution in [0.5, 0.6) is 0 Å². The van der Waals surface area contributed by atoms with Crippen molar-refractivity contribution in [2.45, 2.75) is 44.6 Å². The van der Waals surface area contributed by atoms with Crippen LogP contribution in [0, 0.1) is 0 Å². The average Bonchev–Trinajstić information content (AvgIpc) is 3.09. The van der Waals surface area contributed by atoms with E-state index in [2.05, 4.69) is 26.6 Å². The van der Waals surface area contributed by atoms with Crippen molar-refractivity contribution in [1.29, 1.82) is 0 Å². The van der Waals surface area contributed by atoms with Crippen molar-refractivity contribution in [2.24, 2.45) is 0 Å². The molecule has 0 bridgehead atoms. The summed E-state index contributed by atoms with van der Waals surface area (Å²) in [5.74, 6) is -0.618. The van der Waals surface area contributed by atoms with Gasteiger partial charge in [-0.3, -0.25) is 15.6 Å². The van der Waals surface area contributed by atoms with Gasteiger partial charge in [-0.1, -0.05) is 30.3 Å². The number of carbonyl (C=O) groups excluding carboxylic acids is 1. The quantitative estimate of drug-likeness (QED) is 0.446. The second-order valence-electron chi connectivity index (χ2n) is 6.87. The summed E-state index contributed by atoms with van der Waals surface area (Å²) in [6, 6.07) is 7.22. The Morgan fingerprint density at radius 1 is 1.31 bits per heavy atom. The summed E-state index contributed by atoms with van der Waals surface area (Å²) in [6.45, 7) is 3.53. The molecule has 2 heterocycles. The Bertz CT molecular complexity index is 885. The number of rotatable bonds is 3. The molecule has 156 valence electrons. The van der Waals surface area contributed by atoms with Gasteiger partial charge in [0.2, 0.25) is 0 Å². The molecule has 1 aromatic heterocycles. The molecule has 1 aliphatic heterocycles. The first kappa shape index (κ1) is 20.9. The largest absolute Gasteiger partial charge is 0.410 e. The van der Waals surface area contributed by atoms with E-state index in [1.54, 1.807) is 6.92 Å². The molecule has 3 atom stereocenters. The molecule has 0 saturated carbocycles. The number of halogens is 3. The molecule has 0 unspecified atom stereocenters. The van der Waals surface area contributed by atoms with Crippen molar-refractivity contribution in [1.82, 2.24) is 25.9 Å². The normalized spacial score (nSPS) is 19.5. The summed E-state index contributed by atoms with van der Waals surface area (Å²) < 4.78 is 40.7. The summed E-state index contributed by atoms with van der Waals surface area (Å²) in [5.41, 5.74) is 5.96. The zero-order valence-corrected chi connectivity index (χ0v) is 16.6. The number of carbonyl (C=O) groups is 1. The SMILES string of the molecule is C[C@@H]1C[C@H](C(F)(F)F)n2ncc(C(=O)NNC(=S)N[C@H](C)c3ccccc3)c2N1. The number of alkyl halides is 3. The summed E-state index contributed by atoms with van der Waals surface area (Å²) in [4.78, 5) is 12.5. The maximum atomic E-state index is 13.3. The van der Waals surface area contributed by atoms with Gasteiger partial charge in [-0.25, -0.2) is 4.68 Å². The lowest BCUT2D eigenvalue weighted by atomic mass is 10.1. The van der Waals surface area contributed by atoms with E-state index in [1.807, 2.05) is 37.3 Å². The van der Waals surface area contributed by atoms with Crippen LogP contribution in [0.1, 0.15) is 48.3 Å². The molecule has 29 heavy (non-hydrogen) atoms. The molecule has 0 spiro atoms. The first-order valence-electron chi connectivity index (χ1n) is 8.99. The van der Waals surface area contributed by atoms with Crippen molar-refractivity contribution < 1.29 is 18.0 Å². The van der Waals surface area contributed by atoms with E-state index >= 15 is 0 Å². The standard InChI is InChI=1S/C18H21F3N6OS/c1-10-8-14(18(19,20)21)27-15(23-10)13(9-22-27)16(28)25-26-17(29)24-11(2)12-6-4-3-5-7-12/h3-7,9-11,14,23H,8H2,1-2H3,(H,25,28)(H2,24,26,29)/t10-,11-,14-/m1/s1. The van der Waals surface area contributed by atoms with E-state index in [4.69, 9.17) is 12.2 Å². The zero-order valence-electron chi connectivity index (χ0n) is 15.7. The Labute approximate surface area is 171 Å². The molecule has 3 rings (SSSR count). The summed E-state index contributed by atoms with van der Waals surface area (Å²) in [5, 5.41) is 9.85. The number of hydrogen-bond acceptors (Lipinski definition) is 4. The average molecular weight is 426 g/mol. The lowest BCUT2D eigenvalue weighted by Crippen LogP contribution is -2.47. The molecule has 0 fully saturated rings. The fourth-order valence-electron chi connectivity index (χ4n) is 3.15. The fourth-order valence-corrected chi connectivity index (χ4v) is 3.37. The Morgan fingerprint density at radius 2 is 2.00 bits per heavy atom. The Hall–Kier alpha value is -2.82. The highest BCUT2D eigenvalue weighted by Crippen LogP contribution is 2.39. The van der Waals surface area contributed by atoms with Crippen molar-refractivity contribution in [2.75, 3.05) is 5.32 Å². The van der Waals surface area contributed by atoms with Crippen LogP contribution < -0.4 is 21.5 Å². The summed E-state index contributed by atoms with van der Waals surface area (Å²) in [7, 11) is 0. The number of benzene rings is 1. The molecular formula is C18H21F3N6OS. The third kappa shape index (κ3) is 4.78. The van der Waals surface area contributed by atoms with Crippen molar-refractivity contribution in [3.8, 4) is 0 Å². The minimum absolute atomic E-state index is 0.00259. The summed E-state index contributed by atoms with van der Waals surface area (Å²) >= 11 is 5.16. The van der Waals surface area contributed by atoms with Crippen LogP contribution in [0.3, 0.4) is 0 Å². The van der Waals surface area contributed by atoms with Crippen molar-refractivity contribution in [3.05, 3.63) is 47.7 Å². The Morgan fingerprint density at radius 3 is 2.66 bits per heavy atom. The number of hydrogen-bond donors (Lipinski definition) is 4. The van der Waals surface area contributed by atoms with Gasteiger partial charge in [-0.15, -0.1) is 0 Å². The highest BCUT2D eigenvalue weighted by Gasteiger charge is 2.46. The molecule has 1 amide bonds. The smallest absolute Gasteiger partial charge is 0.367 e. The van der Waals surface area contributed by atoms with Crippen LogP contribution in [0.4, 0.5) is 19.0 Å². The number of amides is 1. The van der Waals surface area contributed by atoms with Crippen LogP contribution in [0.25, 0.3) is 0 Å². The second kappa shape index (κ2) is 8.27. The lowest BCUT2D eigenvalue weighted by molar-refractivity contribution is -0.173. The van der Waals surface area contributed by atoms with Gasteiger partial charge in [0.15, 0.2) is 11.2 Å². The lowest BCUT2D eigenvalue weighted by Gasteiger charge is -2.32. The number of thiocarbonyl (C=S) groups is 1. The predicted octanol–water partition coefficient (Wildman–Crippen LogP) is 3.06. The number of fused-ring (bicyclic) bond motifs is 1. The second-order valence-corrected chi connectivity index (χ2v) is 7.28. The predicted molar refractivity (Wildman–Crippen MR) is 106 cm³/mol. The number of nitrogens with one attached hydrogen (secondary N) is 4. The number of nitrogens with zero attached hydrogens (tertiary/aromatic N) is 2. The summed E-state index contributed by atoms with van der Waals surface area (Å²) in [6.07, 6.45) is -3.51. The van der Waals surface area contributed by atoms with Crippen LogP contribution in [0.2, 0.25) is 0 Å². The number of anilines is 1. The van der Waals surface area contributed by atoms with Gasteiger partial charge in [0.1, 0.15) is 11.4 Å². The molecule has 4 N–H and O–H groups in total. The third-order valence-electron chi connectivity index (χ3n) is 4.61. The van der Waals surface area contributed by atoms with E-state index in [-0.39, 0.29) is 29.0 Å². The fraction of sp³-hybridized carbons (Fsp3) is 0.389. The molecule has 1 aliphatic rings. The van der Waals surface area contributed by atoms with Gasteiger partial charge in [0.05, 0.1) is 12.2 Å². The minimum atomic E-state index is -4.46. The first-order chi connectivity index (χ1) is 13.7. The van der Waals surface area contributed by atoms with Crippen LogP contribution in [-0.4, -0.2) is 33.0 Å². The molecule has 7 nitrogen and oxygen atoms in total. The highest BCUT2D eigenvalue weighted by atomic mass is 32.1. The first-order valence-corrected chi connectivity index (χ1v) is 9.40. The van der Waals surface area contributed by atoms with Crippen molar-refractivity contribution >= 4 is 29.1 Å². The molecule has 0 radical (unpaired) electrons. The van der Waals surface area contributed by atoms with E-state index in [1.165, 1.54) is 0 Å². The minimum Gasteiger partial charge on any atom is -0.367 e. The molecular weight excluding hydrogens is 405 g/mol. The van der Waals surface area contributed by atoms with Crippen LogP contribution in [0.15, 0.2) is 36.5 Å². The van der Waals surface area contributed by atoms with Crippen LogP contribution in [-0.2, 0) is 0 Å². The number of aromatic nitrogens is 2. The Kier molecular flexibility index (Phi) is 5.96. The van der Waals surface area contributed by atoms with Gasteiger partial charge in [-0.2, -0.15) is 18.3 Å². The molecule has 2 aromatic rings. The molecule has 11 heteroatoms. The topological polar surface area (TPSA) is 83.0 Å². The third-order valence-corrected chi connectivity index (χ3v) is 4.83. The van der Waals surface area contributed by atoms with Gasteiger partial charge in [-0.05, 0) is 38.0 Å².